The summed E-state index contributed by atoms with van der Waals surface area (Å²) < 4.78 is 13.0. The molecule has 0 saturated carbocycles. The number of carbonyl (C=O) groups excluding carboxylic acids is 1. The van der Waals surface area contributed by atoms with Crippen molar-refractivity contribution in [2.45, 2.75) is 27.3 Å². The zero-order valence-corrected chi connectivity index (χ0v) is 16.4. The first kappa shape index (κ1) is 19.5. The van der Waals surface area contributed by atoms with E-state index >= 15 is 0 Å². The van der Waals surface area contributed by atoms with E-state index in [0.717, 1.165) is 22.6 Å². The summed E-state index contributed by atoms with van der Waals surface area (Å²) in [5.41, 5.74) is 3.90. The Balaban J connectivity index is 1.60. The predicted molar refractivity (Wildman–Crippen MR) is 108 cm³/mol. The molecular formula is C22H25N3O3. The fourth-order valence-corrected chi connectivity index (χ4v) is 2.98. The maximum Gasteiger partial charge on any atom is 0.258 e. The van der Waals surface area contributed by atoms with Crippen molar-refractivity contribution in [1.82, 2.24) is 15.1 Å². The molecule has 0 aliphatic carbocycles. The van der Waals surface area contributed by atoms with Crippen molar-refractivity contribution >= 4 is 5.91 Å². The smallest absolute Gasteiger partial charge is 0.258 e. The highest BCUT2D eigenvalue weighted by Gasteiger charge is 2.14. The van der Waals surface area contributed by atoms with Crippen LogP contribution in [0.25, 0.3) is 5.69 Å². The molecule has 146 valence electrons. The molecule has 0 fully saturated rings. The number of nitrogens with zero attached hydrogens (tertiary/aromatic N) is 2. The van der Waals surface area contributed by atoms with Gasteiger partial charge in [0.05, 0.1) is 18.0 Å². The lowest BCUT2D eigenvalue weighted by Gasteiger charge is -2.12. The molecular weight excluding hydrogens is 354 g/mol. The van der Waals surface area contributed by atoms with Gasteiger partial charge < -0.3 is 14.8 Å². The van der Waals surface area contributed by atoms with Crippen LogP contribution in [0.5, 0.6) is 11.5 Å². The Kier molecular flexibility index (Phi) is 6.32. The Morgan fingerprint density at radius 3 is 2.32 bits per heavy atom. The van der Waals surface area contributed by atoms with E-state index in [1.165, 1.54) is 0 Å². The minimum absolute atomic E-state index is 0.0744. The lowest BCUT2D eigenvalue weighted by atomic mass is 10.2. The summed E-state index contributed by atoms with van der Waals surface area (Å²) in [7, 11) is 0. The number of hydrogen-bond acceptors (Lipinski definition) is 4. The van der Waals surface area contributed by atoms with E-state index in [2.05, 4.69) is 10.4 Å². The highest BCUT2D eigenvalue weighted by molar-refractivity contribution is 5.77. The Hall–Kier alpha value is -3.28. The molecule has 0 aliphatic heterocycles. The molecule has 3 aromatic rings. The molecule has 0 bridgehead atoms. The third-order valence-corrected chi connectivity index (χ3v) is 4.41. The molecule has 1 N–H and O–H groups in total. The van der Waals surface area contributed by atoms with Crippen LogP contribution in [-0.2, 0) is 11.3 Å². The molecule has 6 heteroatoms. The van der Waals surface area contributed by atoms with Gasteiger partial charge in [-0.1, -0.05) is 30.3 Å². The van der Waals surface area contributed by atoms with Crippen LogP contribution in [0.2, 0.25) is 0 Å². The molecule has 2 aromatic carbocycles. The zero-order valence-electron chi connectivity index (χ0n) is 16.4. The maximum absolute atomic E-state index is 12.3. The zero-order chi connectivity index (χ0) is 19.9. The van der Waals surface area contributed by atoms with E-state index in [0.29, 0.717) is 24.7 Å². The highest BCUT2D eigenvalue weighted by Crippen LogP contribution is 2.26. The van der Waals surface area contributed by atoms with Crippen LogP contribution >= 0.6 is 0 Å². The Labute approximate surface area is 165 Å². The second-order valence-electron chi connectivity index (χ2n) is 6.34. The molecule has 0 atom stereocenters. The first-order chi connectivity index (χ1) is 13.6. The number of rotatable bonds is 8. The number of carbonyl (C=O) groups is 1. The number of ether oxygens (including phenoxy) is 2. The van der Waals surface area contributed by atoms with Crippen molar-refractivity contribution in [3.05, 3.63) is 71.5 Å². The molecule has 0 spiro atoms. The van der Waals surface area contributed by atoms with Gasteiger partial charge in [0.15, 0.2) is 18.1 Å². The second-order valence-corrected chi connectivity index (χ2v) is 6.34. The first-order valence-electron chi connectivity index (χ1n) is 9.32. The van der Waals surface area contributed by atoms with Crippen LogP contribution in [0.4, 0.5) is 0 Å². The van der Waals surface area contributed by atoms with Gasteiger partial charge in [-0.05, 0) is 45.0 Å². The molecule has 1 amide bonds. The van der Waals surface area contributed by atoms with Crippen molar-refractivity contribution in [2.75, 3.05) is 13.2 Å². The minimum atomic E-state index is -0.197. The molecule has 0 aliphatic rings. The van der Waals surface area contributed by atoms with E-state index in [1.54, 1.807) is 6.07 Å². The average molecular weight is 379 g/mol. The van der Waals surface area contributed by atoms with Crippen LogP contribution in [0, 0.1) is 13.8 Å². The molecule has 0 saturated heterocycles. The van der Waals surface area contributed by atoms with Crippen molar-refractivity contribution in [3.8, 4) is 17.2 Å². The predicted octanol–water partition coefficient (Wildman–Crippen LogP) is 3.58. The van der Waals surface area contributed by atoms with E-state index in [9.17, 15) is 4.79 Å². The number of hydrogen-bond donors (Lipinski definition) is 1. The molecule has 1 aromatic heterocycles. The van der Waals surface area contributed by atoms with E-state index in [-0.39, 0.29) is 12.5 Å². The normalized spacial score (nSPS) is 10.5. The van der Waals surface area contributed by atoms with Crippen LogP contribution in [0.15, 0.2) is 54.6 Å². The monoisotopic (exact) mass is 379 g/mol. The van der Waals surface area contributed by atoms with Gasteiger partial charge >= 0.3 is 0 Å². The van der Waals surface area contributed by atoms with Crippen LogP contribution in [0.3, 0.4) is 0 Å². The van der Waals surface area contributed by atoms with E-state index in [1.807, 2.05) is 74.0 Å². The van der Waals surface area contributed by atoms with Gasteiger partial charge in [0.2, 0.25) is 0 Å². The average Bonchev–Trinajstić information content (AvgIpc) is 3.00. The van der Waals surface area contributed by atoms with E-state index in [4.69, 9.17) is 9.47 Å². The summed E-state index contributed by atoms with van der Waals surface area (Å²) in [6, 6.07) is 17.3. The van der Waals surface area contributed by atoms with Gasteiger partial charge in [-0.15, -0.1) is 0 Å². The standard InChI is InChI=1S/C22H25N3O3/c1-4-27-20-12-8-9-13-21(20)28-15-22(26)23-14-19-16(2)24-25(17(19)3)18-10-6-5-7-11-18/h5-13H,4,14-15H2,1-3H3,(H,23,26). The van der Waals surface area contributed by atoms with Gasteiger partial charge in [-0.25, -0.2) is 4.68 Å². The van der Waals surface area contributed by atoms with Gasteiger partial charge in [0, 0.05) is 17.8 Å². The van der Waals surface area contributed by atoms with Gasteiger partial charge in [-0.3, -0.25) is 4.79 Å². The lowest BCUT2D eigenvalue weighted by Crippen LogP contribution is -2.28. The summed E-state index contributed by atoms with van der Waals surface area (Å²) in [5.74, 6) is 0.995. The van der Waals surface area contributed by atoms with Crippen molar-refractivity contribution < 1.29 is 14.3 Å². The largest absolute Gasteiger partial charge is 0.490 e. The Morgan fingerprint density at radius 1 is 1.00 bits per heavy atom. The molecule has 28 heavy (non-hydrogen) atoms. The van der Waals surface area contributed by atoms with Crippen molar-refractivity contribution in [1.29, 1.82) is 0 Å². The minimum Gasteiger partial charge on any atom is -0.490 e. The molecule has 1 heterocycles. The third-order valence-electron chi connectivity index (χ3n) is 4.41. The molecule has 3 rings (SSSR count). The number of para-hydroxylation sites is 3. The lowest BCUT2D eigenvalue weighted by molar-refractivity contribution is -0.123. The molecule has 0 unspecified atom stereocenters. The highest BCUT2D eigenvalue weighted by atomic mass is 16.5. The van der Waals surface area contributed by atoms with Gasteiger partial charge in [0.25, 0.3) is 5.91 Å². The van der Waals surface area contributed by atoms with Crippen LogP contribution < -0.4 is 14.8 Å². The summed E-state index contributed by atoms with van der Waals surface area (Å²) in [5, 5.41) is 7.51. The van der Waals surface area contributed by atoms with E-state index < -0.39 is 0 Å². The number of amides is 1. The molecule has 0 radical (unpaired) electrons. The van der Waals surface area contributed by atoms with Crippen LogP contribution in [0.1, 0.15) is 23.9 Å². The fourth-order valence-electron chi connectivity index (χ4n) is 2.98. The number of aromatic nitrogens is 2. The van der Waals surface area contributed by atoms with Gasteiger partial charge in [-0.2, -0.15) is 5.10 Å². The maximum atomic E-state index is 12.3. The Bertz CT molecular complexity index is 935. The summed E-state index contributed by atoms with van der Waals surface area (Å²) >= 11 is 0. The molecule has 6 nitrogen and oxygen atoms in total. The SMILES string of the molecule is CCOc1ccccc1OCC(=O)NCc1c(C)nn(-c2ccccc2)c1C. The quantitative estimate of drug-likeness (QED) is 0.650. The summed E-state index contributed by atoms with van der Waals surface area (Å²) in [6.45, 7) is 6.72. The first-order valence-corrected chi connectivity index (χ1v) is 9.32. The topological polar surface area (TPSA) is 65.4 Å². The Morgan fingerprint density at radius 2 is 1.64 bits per heavy atom. The third kappa shape index (κ3) is 4.52. The number of aryl methyl sites for hydroxylation is 1. The van der Waals surface area contributed by atoms with Crippen LogP contribution in [-0.4, -0.2) is 28.9 Å². The summed E-state index contributed by atoms with van der Waals surface area (Å²) in [4.78, 5) is 12.3. The van der Waals surface area contributed by atoms with Crippen molar-refractivity contribution in [3.63, 3.8) is 0 Å². The second kappa shape index (κ2) is 9.08. The number of nitrogens with one attached hydrogen (secondary N) is 1. The summed E-state index contributed by atoms with van der Waals surface area (Å²) in [6.07, 6.45) is 0. The number of benzene rings is 2. The van der Waals surface area contributed by atoms with Crippen molar-refractivity contribution in [2.24, 2.45) is 0 Å². The van der Waals surface area contributed by atoms with Gasteiger partial charge in [0.1, 0.15) is 0 Å². The fraction of sp³-hybridized carbons (Fsp3) is 0.273.